The van der Waals surface area contributed by atoms with E-state index in [-0.39, 0.29) is 25.7 Å². The fraction of sp³-hybridized carbons (Fsp3) is 0.857. The quantitative estimate of drug-likeness (QED) is 0.226. The summed E-state index contributed by atoms with van der Waals surface area (Å²) in [5.41, 5.74) is 0. The number of aliphatic hydroxyl groups is 3. The first-order valence-corrected chi connectivity index (χ1v) is 10.7. The van der Waals surface area contributed by atoms with Crippen LogP contribution in [0.1, 0.15) is 33.1 Å². The molecule has 0 bridgehead atoms. The molecule has 0 aromatic rings. The van der Waals surface area contributed by atoms with Gasteiger partial charge in [-0.15, -0.1) is 0 Å². The number of aliphatic hydroxyl groups excluding tert-OH is 3. The summed E-state index contributed by atoms with van der Waals surface area (Å²) in [5.74, 6) is -3.20. The molecule has 2 atom stereocenters. The van der Waals surface area contributed by atoms with Crippen LogP contribution in [0.25, 0.3) is 0 Å². The summed E-state index contributed by atoms with van der Waals surface area (Å²) in [6, 6.07) is -0.269. The number of hydrogen-bond acceptors (Lipinski definition) is 9. The van der Waals surface area contributed by atoms with Crippen molar-refractivity contribution in [2.24, 2.45) is 0 Å². The third-order valence-corrected chi connectivity index (χ3v) is 3.56. The normalized spacial score (nSPS) is 15.5. The van der Waals surface area contributed by atoms with Gasteiger partial charge in [0, 0.05) is 5.97 Å². The van der Waals surface area contributed by atoms with Crippen molar-refractivity contribution >= 4 is 17.9 Å². The molecular formula is C21H47N3O9. The molecule has 0 aromatic carbocycles. The van der Waals surface area contributed by atoms with Gasteiger partial charge in [0.2, 0.25) is 0 Å². The number of hydrogen-bond donors (Lipinski definition) is 5. The second-order valence-electron chi connectivity index (χ2n) is 9.20. The third kappa shape index (κ3) is 44.6. The van der Waals surface area contributed by atoms with Gasteiger partial charge in [0.1, 0.15) is 19.1 Å². The van der Waals surface area contributed by atoms with Crippen molar-refractivity contribution in [3.05, 3.63) is 0 Å². The molecule has 1 aliphatic heterocycles. The van der Waals surface area contributed by atoms with Crippen molar-refractivity contribution in [1.82, 2.24) is 5.32 Å². The van der Waals surface area contributed by atoms with Crippen LogP contribution in [0, 0.1) is 0 Å². The molecule has 12 heteroatoms. The molecule has 1 heterocycles. The number of likely N-dealkylation sites (N-methyl/N-ethyl adjacent to an activating group) is 2. The zero-order valence-electron chi connectivity index (χ0n) is 21.5. The summed E-state index contributed by atoms with van der Waals surface area (Å²) in [5, 5.41) is 54.7. The van der Waals surface area contributed by atoms with E-state index in [1.807, 2.05) is 0 Å². The SMILES string of the molecule is CC(=O)[O-].CCC(O)C(=O)[O-].C[N+](C)(C)CCO.C[N+](C)(C)CCO.O=C(O)[C@@H]1CCCN1. The predicted molar refractivity (Wildman–Crippen MR) is 121 cm³/mol. The Balaban J connectivity index is -0.000000162. The highest BCUT2D eigenvalue weighted by Crippen LogP contribution is 2.03. The molecule has 0 saturated carbocycles. The molecule has 1 saturated heterocycles. The molecule has 33 heavy (non-hydrogen) atoms. The molecule has 0 spiro atoms. The number of nitrogens with zero attached hydrogens (tertiary/aromatic N) is 2. The van der Waals surface area contributed by atoms with E-state index in [0.29, 0.717) is 0 Å². The first kappa shape index (κ1) is 38.4. The highest BCUT2D eigenvalue weighted by atomic mass is 16.4. The Labute approximate surface area is 198 Å². The fourth-order valence-corrected chi connectivity index (χ4v) is 1.66. The maximum absolute atomic E-state index is 10.1. The third-order valence-electron chi connectivity index (χ3n) is 3.56. The van der Waals surface area contributed by atoms with Crippen molar-refractivity contribution < 1.29 is 54.0 Å². The lowest BCUT2D eigenvalue weighted by atomic mass is 10.2. The number of carbonyl (C=O) groups is 3. The van der Waals surface area contributed by atoms with E-state index in [9.17, 15) is 14.7 Å². The summed E-state index contributed by atoms with van der Waals surface area (Å²) >= 11 is 0. The molecule has 1 unspecified atom stereocenters. The number of quaternary nitrogens is 2. The average Bonchev–Trinajstić information content (AvgIpc) is 3.15. The van der Waals surface area contributed by atoms with Crippen LogP contribution in [0.5, 0.6) is 0 Å². The number of aliphatic carboxylic acids is 3. The predicted octanol–water partition coefficient (Wildman–Crippen LogP) is -3.54. The van der Waals surface area contributed by atoms with Gasteiger partial charge < -0.3 is 54.5 Å². The lowest BCUT2D eigenvalue weighted by Gasteiger charge is -2.21. The molecule has 12 nitrogen and oxygen atoms in total. The van der Waals surface area contributed by atoms with E-state index < -0.39 is 24.0 Å². The van der Waals surface area contributed by atoms with Crippen LogP contribution in [0.4, 0.5) is 0 Å². The van der Waals surface area contributed by atoms with Gasteiger partial charge in [-0.1, -0.05) is 6.92 Å². The first-order valence-electron chi connectivity index (χ1n) is 10.7. The maximum atomic E-state index is 10.1. The maximum Gasteiger partial charge on any atom is 0.320 e. The second kappa shape index (κ2) is 22.0. The van der Waals surface area contributed by atoms with Gasteiger partial charge in [0.25, 0.3) is 0 Å². The standard InChI is InChI=1S/C5H9NO2.2C5H14NO.C4H8O3.C2H4O2/c7-5(8)4-2-1-3-6-4;2*1-6(2,3)4-5-7;1-2-3(5)4(6)7;1-2(3)4/h4,6H,1-3H2,(H,7,8);2*7H,4-5H2,1-3H3;3,5H,2H2,1H3,(H,6,7);1H3,(H,3,4)/q;2*+1;;/p-2/t4-;;;;/m0..../s1. The number of carboxylic acids is 3. The largest absolute Gasteiger partial charge is 0.550 e. The molecule has 1 rings (SSSR count). The van der Waals surface area contributed by atoms with E-state index in [2.05, 4.69) is 47.6 Å². The topological polar surface area (TPSA) is 190 Å². The van der Waals surface area contributed by atoms with Gasteiger partial charge in [-0.3, -0.25) is 4.79 Å². The average molecular weight is 486 g/mol. The zero-order valence-corrected chi connectivity index (χ0v) is 21.5. The number of carbonyl (C=O) groups excluding carboxylic acids is 2. The summed E-state index contributed by atoms with van der Waals surface area (Å²) in [4.78, 5) is 28.6. The Bertz CT molecular complexity index is 478. The summed E-state index contributed by atoms with van der Waals surface area (Å²) < 4.78 is 1.69. The minimum atomic E-state index is -1.40. The van der Waals surface area contributed by atoms with E-state index in [1.54, 1.807) is 6.92 Å². The van der Waals surface area contributed by atoms with Crippen LogP contribution in [-0.2, 0) is 14.4 Å². The lowest BCUT2D eigenvalue weighted by molar-refractivity contribution is -0.870. The van der Waals surface area contributed by atoms with Crippen molar-refractivity contribution in [1.29, 1.82) is 0 Å². The van der Waals surface area contributed by atoms with Crippen molar-refractivity contribution in [2.45, 2.75) is 45.3 Å². The van der Waals surface area contributed by atoms with E-state index in [0.717, 1.165) is 48.4 Å². The van der Waals surface area contributed by atoms with Crippen LogP contribution in [0.3, 0.4) is 0 Å². The van der Waals surface area contributed by atoms with Crippen molar-refractivity contribution in [2.75, 3.05) is 75.1 Å². The van der Waals surface area contributed by atoms with Gasteiger partial charge in [-0.05, 0) is 32.7 Å². The van der Waals surface area contributed by atoms with Crippen LogP contribution in [0.2, 0.25) is 0 Å². The Morgan fingerprint density at radius 2 is 1.33 bits per heavy atom. The monoisotopic (exact) mass is 485 g/mol. The molecule has 0 aliphatic carbocycles. The van der Waals surface area contributed by atoms with E-state index in [1.165, 1.54) is 0 Å². The van der Waals surface area contributed by atoms with Gasteiger partial charge in [-0.2, -0.15) is 0 Å². The Morgan fingerprint density at radius 1 is 0.970 bits per heavy atom. The molecular weight excluding hydrogens is 438 g/mol. The minimum Gasteiger partial charge on any atom is -0.550 e. The van der Waals surface area contributed by atoms with Crippen LogP contribution in [-0.4, -0.2) is 135 Å². The van der Waals surface area contributed by atoms with Gasteiger partial charge in [0.05, 0.1) is 67.6 Å². The van der Waals surface area contributed by atoms with E-state index in [4.69, 9.17) is 30.3 Å². The van der Waals surface area contributed by atoms with Gasteiger partial charge in [0.15, 0.2) is 0 Å². The summed E-state index contributed by atoms with van der Waals surface area (Å²) in [6.45, 7) is 5.63. The van der Waals surface area contributed by atoms with Crippen LogP contribution >= 0.6 is 0 Å². The summed E-state index contributed by atoms with van der Waals surface area (Å²) in [6.07, 6.45) is 0.703. The molecule has 0 aromatic heterocycles. The molecule has 0 radical (unpaired) electrons. The lowest BCUT2D eigenvalue weighted by Crippen LogP contribution is -2.36. The number of nitrogens with one attached hydrogen (secondary N) is 1. The van der Waals surface area contributed by atoms with Crippen molar-refractivity contribution in [3.8, 4) is 0 Å². The molecule has 200 valence electrons. The smallest absolute Gasteiger partial charge is 0.320 e. The molecule has 1 aliphatic rings. The molecule has 1 fully saturated rings. The minimum absolute atomic E-state index is 0.211. The first-order chi connectivity index (χ1) is 14.8. The number of carboxylic acid groups (broad SMARTS) is 3. The van der Waals surface area contributed by atoms with E-state index >= 15 is 0 Å². The van der Waals surface area contributed by atoms with Gasteiger partial charge in [-0.25, -0.2) is 0 Å². The zero-order chi connectivity index (χ0) is 27.3. The van der Waals surface area contributed by atoms with Crippen LogP contribution < -0.4 is 15.5 Å². The highest BCUT2D eigenvalue weighted by Gasteiger charge is 2.20. The molecule has 0 amide bonds. The Morgan fingerprint density at radius 3 is 1.39 bits per heavy atom. The molecule has 5 N–H and O–H groups in total. The Hall–Kier alpha value is -1.83. The number of rotatable bonds is 7. The van der Waals surface area contributed by atoms with Crippen molar-refractivity contribution in [3.63, 3.8) is 0 Å². The summed E-state index contributed by atoms with van der Waals surface area (Å²) in [7, 11) is 12.3. The Kier molecular flexibility index (Phi) is 25.6. The van der Waals surface area contributed by atoms with Gasteiger partial charge >= 0.3 is 5.97 Å². The van der Waals surface area contributed by atoms with Crippen LogP contribution in [0.15, 0.2) is 0 Å². The highest BCUT2D eigenvalue weighted by molar-refractivity contribution is 5.73. The second-order valence-corrected chi connectivity index (χ2v) is 9.20. The fourth-order valence-electron chi connectivity index (χ4n) is 1.66.